The van der Waals surface area contributed by atoms with Crippen LogP contribution < -0.4 is 9.47 Å². The molecule has 6 aromatic rings. The predicted octanol–water partition coefficient (Wildman–Crippen LogP) is 5.77. The molecule has 0 saturated heterocycles. The Morgan fingerprint density at radius 2 is 1.63 bits per heavy atom. The van der Waals surface area contributed by atoms with Gasteiger partial charge < -0.3 is 18.7 Å². The van der Waals surface area contributed by atoms with E-state index in [9.17, 15) is 0 Å². The summed E-state index contributed by atoms with van der Waals surface area (Å²) >= 11 is 0. The molecule has 0 aliphatic rings. The van der Waals surface area contributed by atoms with E-state index in [0.717, 1.165) is 33.4 Å². The first-order valence-electron chi connectivity index (χ1n) is 11.9. The van der Waals surface area contributed by atoms with Gasteiger partial charge in [0, 0.05) is 16.7 Å². The molecule has 188 valence electrons. The summed E-state index contributed by atoms with van der Waals surface area (Å²) in [6.07, 6.45) is 3.18. The van der Waals surface area contributed by atoms with Crippen LogP contribution in [0.4, 0.5) is 0 Å². The molecule has 0 unspecified atom stereocenters. The molecule has 0 N–H and O–H groups in total. The second-order valence-corrected chi connectivity index (χ2v) is 8.38. The summed E-state index contributed by atoms with van der Waals surface area (Å²) in [7, 11) is 3.18. The van der Waals surface area contributed by atoms with Gasteiger partial charge in [-0.05, 0) is 23.8 Å². The summed E-state index contributed by atoms with van der Waals surface area (Å²) in [5.41, 5.74) is 4.78. The zero-order valence-electron chi connectivity index (χ0n) is 20.7. The van der Waals surface area contributed by atoms with Crippen molar-refractivity contribution in [2.75, 3.05) is 14.2 Å². The Labute approximate surface area is 217 Å². The van der Waals surface area contributed by atoms with Crippen LogP contribution in [-0.2, 0) is 11.4 Å². The lowest BCUT2D eigenvalue weighted by molar-refractivity contribution is 0.126. The molecule has 0 bridgehead atoms. The van der Waals surface area contributed by atoms with Crippen LogP contribution in [0.3, 0.4) is 0 Å². The number of oxime groups is 1. The first kappa shape index (κ1) is 23.2. The number of methoxy groups -OCH3 is 2. The maximum Gasteiger partial charge on any atom is 0.232 e. The third-order valence-corrected chi connectivity index (χ3v) is 6.05. The maximum absolute atomic E-state index is 6.27. The number of hydrogen-bond donors (Lipinski definition) is 0. The van der Waals surface area contributed by atoms with Gasteiger partial charge in [0.2, 0.25) is 5.71 Å². The second-order valence-electron chi connectivity index (χ2n) is 8.38. The van der Waals surface area contributed by atoms with E-state index >= 15 is 0 Å². The van der Waals surface area contributed by atoms with Crippen LogP contribution in [0.25, 0.3) is 39.2 Å². The highest BCUT2D eigenvalue weighted by atomic mass is 16.6. The van der Waals surface area contributed by atoms with E-state index in [1.807, 2.05) is 72.8 Å². The van der Waals surface area contributed by atoms with Gasteiger partial charge in [-0.15, -0.1) is 5.10 Å². The summed E-state index contributed by atoms with van der Waals surface area (Å²) < 4.78 is 18.5. The molecule has 0 aliphatic carbocycles. The fraction of sp³-hybridized carbons (Fsp3) is 0.103. The summed E-state index contributed by atoms with van der Waals surface area (Å²) in [4.78, 5) is 14.8. The van der Waals surface area contributed by atoms with Gasteiger partial charge in [0.15, 0.2) is 29.6 Å². The number of benzene rings is 3. The van der Waals surface area contributed by atoms with Crippen molar-refractivity contribution in [1.82, 2.24) is 19.6 Å². The topological polar surface area (TPSA) is 96.3 Å². The number of hydrogen-bond acceptors (Lipinski definition) is 8. The zero-order valence-corrected chi connectivity index (χ0v) is 20.7. The van der Waals surface area contributed by atoms with Gasteiger partial charge in [0.25, 0.3) is 0 Å². The highest BCUT2D eigenvalue weighted by Gasteiger charge is 2.22. The molecule has 38 heavy (non-hydrogen) atoms. The molecule has 0 amide bonds. The van der Waals surface area contributed by atoms with E-state index in [4.69, 9.17) is 23.7 Å². The highest BCUT2D eigenvalue weighted by Crippen LogP contribution is 2.41. The van der Waals surface area contributed by atoms with Crippen LogP contribution in [0.15, 0.2) is 94.8 Å². The SMILES string of the molecule is COc1ccc(C=NOCc2nc3c4c(-c5ccccc5)c(-c5ccccc5)oc4ncn3n2)cc1OC. The lowest BCUT2D eigenvalue weighted by atomic mass is 9.99. The van der Waals surface area contributed by atoms with Crippen molar-refractivity contribution in [2.45, 2.75) is 6.61 Å². The number of nitrogens with zero attached hydrogens (tertiary/aromatic N) is 5. The molecular formula is C29H23N5O4. The number of ether oxygens (including phenoxy) is 2. The molecule has 3 aromatic heterocycles. The third-order valence-electron chi connectivity index (χ3n) is 6.05. The lowest BCUT2D eigenvalue weighted by Crippen LogP contribution is -1.94. The molecule has 0 saturated carbocycles. The summed E-state index contributed by atoms with van der Waals surface area (Å²) in [6, 6.07) is 25.5. The molecule has 0 atom stereocenters. The number of furan rings is 1. The van der Waals surface area contributed by atoms with E-state index in [2.05, 4.69) is 15.2 Å². The van der Waals surface area contributed by atoms with Gasteiger partial charge in [-0.2, -0.15) is 0 Å². The Morgan fingerprint density at radius 1 is 0.895 bits per heavy atom. The van der Waals surface area contributed by atoms with E-state index in [0.29, 0.717) is 28.7 Å². The minimum absolute atomic E-state index is 0.0804. The summed E-state index contributed by atoms with van der Waals surface area (Å²) in [5.74, 6) is 2.45. The molecule has 9 heteroatoms. The molecule has 9 nitrogen and oxygen atoms in total. The predicted molar refractivity (Wildman–Crippen MR) is 143 cm³/mol. The lowest BCUT2D eigenvalue weighted by Gasteiger charge is -2.07. The van der Waals surface area contributed by atoms with Crippen molar-refractivity contribution in [3.8, 4) is 33.9 Å². The Morgan fingerprint density at radius 3 is 2.37 bits per heavy atom. The number of fused-ring (bicyclic) bond motifs is 3. The zero-order chi connectivity index (χ0) is 25.9. The van der Waals surface area contributed by atoms with Crippen LogP contribution in [0.5, 0.6) is 11.5 Å². The first-order valence-corrected chi connectivity index (χ1v) is 11.9. The second kappa shape index (κ2) is 10.1. The van der Waals surface area contributed by atoms with Crippen LogP contribution in [0.2, 0.25) is 0 Å². The largest absolute Gasteiger partial charge is 0.493 e. The highest BCUT2D eigenvalue weighted by molar-refractivity contribution is 6.07. The van der Waals surface area contributed by atoms with E-state index < -0.39 is 0 Å². The van der Waals surface area contributed by atoms with Gasteiger partial charge in [-0.1, -0.05) is 65.8 Å². The number of rotatable bonds is 8. The Hall–Kier alpha value is -5.18. The van der Waals surface area contributed by atoms with Crippen molar-refractivity contribution in [3.05, 3.63) is 96.6 Å². The number of aromatic nitrogens is 4. The molecule has 0 fully saturated rings. The van der Waals surface area contributed by atoms with Crippen molar-refractivity contribution in [3.63, 3.8) is 0 Å². The minimum Gasteiger partial charge on any atom is -0.493 e. The van der Waals surface area contributed by atoms with Crippen LogP contribution in [-0.4, -0.2) is 40.0 Å². The van der Waals surface area contributed by atoms with Crippen molar-refractivity contribution < 1.29 is 18.7 Å². The normalized spacial score (nSPS) is 11.4. The van der Waals surface area contributed by atoms with E-state index in [-0.39, 0.29) is 6.61 Å². The van der Waals surface area contributed by atoms with E-state index in [1.54, 1.807) is 37.3 Å². The minimum atomic E-state index is 0.0804. The molecule has 0 spiro atoms. The Balaban J connectivity index is 1.34. The van der Waals surface area contributed by atoms with Gasteiger partial charge in [-0.3, -0.25) is 0 Å². The van der Waals surface area contributed by atoms with Gasteiger partial charge in [-0.25, -0.2) is 14.5 Å². The van der Waals surface area contributed by atoms with Crippen LogP contribution >= 0.6 is 0 Å². The van der Waals surface area contributed by atoms with Crippen molar-refractivity contribution >= 4 is 23.0 Å². The van der Waals surface area contributed by atoms with Crippen molar-refractivity contribution in [1.29, 1.82) is 0 Å². The summed E-state index contributed by atoms with van der Waals surface area (Å²) in [6.45, 7) is 0.0804. The Kier molecular flexibility index (Phi) is 6.15. The molecular weight excluding hydrogens is 482 g/mol. The molecule has 0 radical (unpaired) electrons. The first-order chi connectivity index (χ1) is 18.7. The fourth-order valence-corrected chi connectivity index (χ4v) is 4.30. The molecule has 0 aliphatic heterocycles. The average Bonchev–Trinajstić information content (AvgIpc) is 3.57. The third kappa shape index (κ3) is 4.30. The maximum atomic E-state index is 6.27. The van der Waals surface area contributed by atoms with Crippen LogP contribution in [0, 0.1) is 0 Å². The average molecular weight is 506 g/mol. The van der Waals surface area contributed by atoms with Gasteiger partial charge in [0.1, 0.15) is 12.1 Å². The van der Waals surface area contributed by atoms with Gasteiger partial charge in [0.05, 0.1) is 25.8 Å². The summed E-state index contributed by atoms with van der Waals surface area (Å²) in [5, 5.41) is 9.39. The fourth-order valence-electron chi connectivity index (χ4n) is 4.30. The molecule has 6 rings (SSSR count). The monoisotopic (exact) mass is 505 g/mol. The Bertz CT molecular complexity index is 1740. The van der Waals surface area contributed by atoms with E-state index in [1.165, 1.54) is 0 Å². The molecule has 3 heterocycles. The van der Waals surface area contributed by atoms with Crippen LogP contribution in [0.1, 0.15) is 11.4 Å². The smallest absolute Gasteiger partial charge is 0.232 e. The van der Waals surface area contributed by atoms with Crippen molar-refractivity contribution in [2.24, 2.45) is 5.16 Å². The molecule has 3 aromatic carbocycles. The standard InChI is InChI=1S/C29H23N5O4/c1-35-22-14-13-19(15-23(22)36-2)16-31-37-17-24-32-28-26-25(20-9-5-3-6-10-20)27(21-11-7-4-8-12-21)38-29(26)30-18-34(28)33-24/h3-16,18H,17H2,1-2H3. The van der Waals surface area contributed by atoms with Gasteiger partial charge >= 0.3 is 0 Å². The quantitative estimate of drug-likeness (QED) is 0.191.